The first-order chi connectivity index (χ1) is 10.1. The van der Waals surface area contributed by atoms with Gasteiger partial charge in [0.2, 0.25) is 5.91 Å². The fourth-order valence-electron chi connectivity index (χ4n) is 2.52. The van der Waals surface area contributed by atoms with Crippen LogP contribution in [-0.2, 0) is 9.59 Å². The molecule has 3 rings (SSSR count). The van der Waals surface area contributed by atoms with Gasteiger partial charge in [0.1, 0.15) is 0 Å². The lowest BCUT2D eigenvalue weighted by Crippen LogP contribution is -2.05. The number of benzene rings is 1. The molecule has 0 radical (unpaired) electrons. The van der Waals surface area contributed by atoms with E-state index in [1.807, 2.05) is 31.3 Å². The summed E-state index contributed by atoms with van der Waals surface area (Å²) in [4.78, 5) is 26.5. The zero-order chi connectivity index (χ0) is 15.0. The number of hydrogen-bond acceptors (Lipinski definition) is 2. The van der Waals surface area contributed by atoms with Crippen LogP contribution in [0.1, 0.15) is 25.1 Å². The van der Waals surface area contributed by atoms with Crippen LogP contribution in [0, 0.1) is 0 Å². The standard InChI is InChI=1S/C16H15N3O2/c1-9(13-4-3-7-17-13)15-12-8-11(18-10(2)20)5-6-14(12)19-16(15)21/h3-8,17H,1-2H3,(H,18,20)(H,19,21)/b15-9+. The van der Waals surface area contributed by atoms with Crippen molar-refractivity contribution in [1.29, 1.82) is 0 Å². The Morgan fingerprint density at radius 2 is 2.00 bits per heavy atom. The summed E-state index contributed by atoms with van der Waals surface area (Å²) in [5.41, 5.74) is 4.64. The maximum Gasteiger partial charge on any atom is 0.256 e. The van der Waals surface area contributed by atoms with Crippen LogP contribution >= 0.6 is 0 Å². The Morgan fingerprint density at radius 3 is 2.67 bits per heavy atom. The average Bonchev–Trinajstić information content (AvgIpc) is 3.04. The minimum absolute atomic E-state index is 0.128. The van der Waals surface area contributed by atoms with Crippen LogP contribution in [0.25, 0.3) is 11.1 Å². The lowest BCUT2D eigenvalue weighted by molar-refractivity contribution is -0.114. The number of allylic oxidation sites excluding steroid dienone is 1. The van der Waals surface area contributed by atoms with Crippen molar-refractivity contribution >= 4 is 34.3 Å². The van der Waals surface area contributed by atoms with Gasteiger partial charge in [-0.2, -0.15) is 0 Å². The first-order valence-electron chi connectivity index (χ1n) is 6.64. The molecule has 1 aliphatic rings. The number of fused-ring (bicyclic) bond motifs is 1. The summed E-state index contributed by atoms with van der Waals surface area (Å²) in [6.45, 7) is 3.36. The Bertz CT molecular complexity index is 758. The molecule has 0 saturated carbocycles. The van der Waals surface area contributed by atoms with Gasteiger partial charge in [-0.15, -0.1) is 0 Å². The summed E-state index contributed by atoms with van der Waals surface area (Å²) in [5.74, 6) is -0.268. The minimum Gasteiger partial charge on any atom is -0.361 e. The molecular formula is C16H15N3O2. The van der Waals surface area contributed by atoms with E-state index in [4.69, 9.17) is 0 Å². The van der Waals surface area contributed by atoms with E-state index in [1.54, 1.807) is 12.1 Å². The summed E-state index contributed by atoms with van der Waals surface area (Å²) in [6.07, 6.45) is 1.82. The number of aromatic nitrogens is 1. The molecule has 0 atom stereocenters. The van der Waals surface area contributed by atoms with Gasteiger partial charge in [0, 0.05) is 35.8 Å². The molecule has 3 N–H and O–H groups in total. The van der Waals surface area contributed by atoms with Gasteiger partial charge >= 0.3 is 0 Å². The molecule has 2 amide bonds. The molecule has 2 aromatic rings. The number of hydrogen-bond donors (Lipinski definition) is 3. The Kier molecular flexibility index (Phi) is 3.10. The summed E-state index contributed by atoms with van der Waals surface area (Å²) >= 11 is 0. The fourth-order valence-corrected chi connectivity index (χ4v) is 2.52. The maximum atomic E-state index is 12.2. The van der Waals surface area contributed by atoms with Gasteiger partial charge < -0.3 is 15.6 Å². The van der Waals surface area contributed by atoms with E-state index in [1.165, 1.54) is 6.92 Å². The molecule has 0 saturated heterocycles. The van der Waals surface area contributed by atoms with E-state index in [0.717, 1.165) is 22.5 Å². The number of H-pyrrole nitrogens is 1. The number of carbonyl (C=O) groups excluding carboxylic acids is 2. The van der Waals surface area contributed by atoms with Crippen molar-refractivity contribution < 1.29 is 9.59 Å². The van der Waals surface area contributed by atoms with Crippen LogP contribution in [0.4, 0.5) is 11.4 Å². The van der Waals surface area contributed by atoms with E-state index < -0.39 is 0 Å². The van der Waals surface area contributed by atoms with Crippen LogP contribution < -0.4 is 10.6 Å². The van der Waals surface area contributed by atoms with E-state index in [0.29, 0.717) is 11.3 Å². The largest absolute Gasteiger partial charge is 0.361 e. The van der Waals surface area contributed by atoms with Gasteiger partial charge in [0.25, 0.3) is 5.91 Å². The Hall–Kier alpha value is -2.82. The number of amides is 2. The molecule has 1 aromatic carbocycles. The van der Waals surface area contributed by atoms with Crippen molar-refractivity contribution in [2.24, 2.45) is 0 Å². The second-order valence-corrected chi connectivity index (χ2v) is 4.98. The monoisotopic (exact) mass is 281 g/mol. The summed E-state index contributed by atoms with van der Waals surface area (Å²) in [6, 6.07) is 9.20. The van der Waals surface area contributed by atoms with Crippen molar-refractivity contribution in [2.45, 2.75) is 13.8 Å². The first kappa shape index (κ1) is 13.2. The predicted octanol–water partition coefficient (Wildman–Crippen LogP) is 2.86. The quantitative estimate of drug-likeness (QED) is 0.740. The molecule has 0 unspecified atom stereocenters. The summed E-state index contributed by atoms with van der Waals surface area (Å²) < 4.78 is 0. The predicted molar refractivity (Wildman–Crippen MR) is 82.7 cm³/mol. The maximum absolute atomic E-state index is 12.2. The van der Waals surface area contributed by atoms with Gasteiger partial charge in [-0.1, -0.05) is 0 Å². The second-order valence-electron chi connectivity index (χ2n) is 4.98. The number of anilines is 2. The van der Waals surface area contributed by atoms with E-state index >= 15 is 0 Å². The third kappa shape index (κ3) is 2.33. The molecule has 5 nitrogen and oxygen atoms in total. The van der Waals surface area contributed by atoms with Crippen molar-refractivity contribution in [3.8, 4) is 0 Å². The molecule has 106 valence electrons. The van der Waals surface area contributed by atoms with Crippen LogP contribution in [0.15, 0.2) is 36.5 Å². The van der Waals surface area contributed by atoms with E-state index in [2.05, 4.69) is 15.6 Å². The van der Waals surface area contributed by atoms with Gasteiger partial charge in [-0.25, -0.2) is 0 Å². The first-order valence-corrected chi connectivity index (χ1v) is 6.64. The topological polar surface area (TPSA) is 74.0 Å². The number of nitrogens with one attached hydrogen (secondary N) is 3. The highest BCUT2D eigenvalue weighted by atomic mass is 16.2. The molecular weight excluding hydrogens is 266 g/mol. The third-order valence-electron chi connectivity index (χ3n) is 3.46. The number of rotatable bonds is 2. The lowest BCUT2D eigenvalue weighted by atomic mass is 9.99. The molecule has 2 heterocycles. The van der Waals surface area contributed by atoms with Crippen molar-refractivity contribution in [2.75, 3.05) is 10.6 Å². The molecule has 1 aromatic heterocycles. The number of aromatic amines is 1. The van der Waals surface area contributed by atoms with Gasteiger partial charge in [0.15, 0.2) is 0 Å². The summed E-state index contributed by atoms with van der Waals surface area (Å²) in [7, 11) is 0. The van der Waals surface area contributed by atoms with Crippen molar-refractivity contribution in [1.82, 2.24) is 4.98 Å². The third-order valence-corrected chi connectivity index (χ3v) is 3.46. The number of carbonyl (C=O) groups is 2. The molecule has 5 heteroatoms. The zero-order valence-corrected chi connectivity index (χ0v) is 11.8. The van der Waals surface area contributed by atoms with Crippen molar-refractivity contribution in [3.63, 3.8) is 0 Å². The Labute approximate surface area is 122 Å². The van der Waals surface area contributed by atoms with Crippen molar-refractivity contribution in [3.05, 3.63) is 47.8 Å². The zero-order valence-electron chi connectivity index (χ0n) is 11.8. The smallest absolute Gasteiger partial charge is 0.256 e. The van der Waals surface area contributed by atoms with Crippen LogP contribution in [0.2, 0.25) is 0 Å². The molecule has 0 bridgehead atoms. The lowest BCUT2D eigenvalue weighted by Gasteiger charge is -2.07. The molecule has 0 fully saturated rings. The van der Waals surface area contributed by atoms with Crippen LogP contribution in [0.3, 0.4) is 0 Å². The Balaban J connectivity index is 2.12. The van der Waals surface area contributed by atoms with Crippen LogP contribution in [-0.4, -0.2) is 16.8 Å². The highest BCUT2D eigenvalue weighted by Gasteiger charge is 2.27. The van der Waals surface area contributed by atoms with Gasteiger partial charge in [0.05, 0.1) is 5.57 Å². The molecule has 0 spiro atoms. The van der Waals surface area contributed by atoms with E-state index in [-0.39, 0.29) is 11.8 Å². The summed E-state index contributed by atoms with van der Waals surface area (Å²) in [5, 5.41) is 5.58. The highest BCUT2D eigenvalue weighted by Crippen LogP contribution is 2.37. The average molecular weight is 281 g/mol. The molecule has 21 heavy (non-hydrogen) atoms. The normalized spacial score (nSPS) is 15.4. The Morgan fingerprint density at radius 1 is 1.19 bits per heavy atom. The van der Waals surface area contributed by atoms with Gasteiger partial charge in [-0.05, 0) is 42.8 Å². The van der Waals surface area contributed by atoms with Crippen LogP contribution in [0.5, 0.6) is 0 Å². The highest BCUT2D eigenvalue weighted by molar-refractivity contribution is 6.36. The van der Waals surface area contributed by atoms with E-state index in [9.17, 15) is 9.59 Å². The molecule has 0 aliphatic carbocycles. The SMILES string of the molecule is CC(=O)Nc1ccc2c(c1)/C(=C(/C)c1ccc[nH]1)C(=O)N2. The van der Waals surface area contributed by atoms with Gasteiger partial charge in [-0.3, -0.25) is 9.59 Å². The second kappa shape index (κ2) is 4.94. The molecule has 1 aliphatic heterocycles. The fraction of sp³-hybridized carbons (Fsp3) is 0.125. The minimum atomic E-state index is -0.140.